The topological polar surface area (TPSA) is 50.8 Å². The van der Waals surface area contributed by atoms with Crippen molar-refractivity contribution in [1.82, 2.24) is 5.32 Å². The van der Waals surface area contributed by atoms with Crippen molar-refractivity contribution < 1.29 is 14.3 Å². The molecular formula is C23H30N2O3. The summed E-state index contributed by atoms with van der Waals surface area (Å²) < 4.78 is 10.8. The van der Waals surface area contributed by atoms with E-state index in [4.69, 9.17) is 9.47 Å². The fourth-order valence-corrected chi connectivity index (χ4v) is 3.49. The Morgan fingerprint density at radius 3 is 2.39 bits per heavy atom. The lowest BCUT2D eigenvalue weighted by molar-refractivity contribution is -0.123. The molecule has 5 heteroatoms. The number of carbonyl (C=O) groups is 1. The average molecular weight is 383 g/mol. The van der Waals surface area contributed by atoms with E-state index in [-0.39, 0.29) is 18.6 Å². The molecule has 2 aromatic carbocycles. The highest BCUT2D eigenvalue weighted by Crippen LogP contribution is 2.26. The standard InChI is InChI=1S/C23H30N2O3/c1-17-12-14-25(15-13-17)20-10-8-19(9-11-20)18(2)24-23(26)16-28-22-7-5-4-6-21(22)27-3/h4-11,17-18H,12-16H2,1-3H3,(H,24,26)/t18-/m0/s1. The molecule has 0 bridgehead atoms. The second-order valence-corrected chi connectivity index (χ2v) is 7.49. The maximum atomic E-state index is 12.3. The minimum atomic E-state index is -0.160. The van der Waals surface area contributed by atoms with Crippen molar-refractivity contribution in [1.29, 1.82) is 0 Å². The number of nitrogens with zero attached hydrogens (tertiary/aromatic N) is 1. The van der Waals surface area contributed by atoms with Gasteiger partial charge in [-0.1, -0.05) is 31.2 Å². The van der Waals surface area contributed by atoms with Crippen LogP contribution in [0.2, 0.25) is 0 Å². The first-order chi connectivity index (χ1) is 13.6. The molecule has 1 amide bonds. The molecule has 1 N–H and O–H groups in total. The van der Waals surface area contributed by atoms with Crippen LogP contribution in [0.1, 0.15) is 38.3 Å². The van der Waals surface area contributed by atoms with Crippen molar-refractivity contribution in [3.63, 3.8) is 0 Å². The lowest BCUT2D eigenvalue weighted by atomic mass is 9.98. The van der Waals surface area contributed by atoms with Gasteiger partial charge in [-0.3, -0.25) is 4.79 Å². The minimum Gasteiger partial charge on any atom is -0.493 e. The van der Waals surface area contributed by atoms with Crippen molar-refractivity contribution in [2.45, 2.75) is 32.7 Å². The number of rotatable bonds is 7. The predicted octanol–water partition coefficient (Wildman–Crippen LogP) is 4.19. The summed E-state index contributed by atoms with van der Waals surface area (Å²) in [4.78, 5) is 14.7. The fraction of sp³-hybridized carbons (Fsp3) is 0.435. The van der Waals surface area contributed by atoms with Gasteiger partial charge in [-0.15, -0.1) is 0 Å². The van der Waals surface area contributed by atoms with Gasteiger partial charge in [-0.2, -0.15) is 0 Å². The Kier molecular flexibility index (Phi) is 6.80. The van der Waals surface area contributed by atoms with Crippen molar-refractivity contribution >= 4 is 11.6 Å². The second kappa shape index (κ2) is 9.49. The van der Waals surface area contributed by atoms with Gasteiger partial charge >= 0.3 is 0 Å². The third-order valence-electron chi connectivity index (χ3n) is 5.35. The van der Waals surface area contributed by atoms with Gasteiger partial charge in [0.25, 0.3) is 5.91 Å². The number of nitrogens with one attached hydrogen (secondary N) is 1. The van der Waals surface area contributed by atoms with Gasteiger partial charge in [0, 0.05) is 18.8 Å². The molecule has 150 valence electrons. The predicted molar refractivity (Wildman–Crippen MR) is 112 cm³/mol. The summed E-state index contributed by atoms with van der Waals surface area (Å²) in [7, 11) is 1.58. The van der Waals surface area contributed by atoms with Crippen LogP contribution in [0.15, 0.2) is 48.5 Å². The number of piperidine rings is 1. The van der Waals surface area contributed by atoms with Gasteiger partial charge < -0.3 is 19.7 Å². The molecule has 0 aliphatic carbocycles. The van der Waals surface area contributed by atoms with Crippen LogP contribution in [0, 0.1) is 5.92 Å². The van der Waals surface area contributed by atoms with Crippen LogP contribution in [0.3, 0.4) is 0 Å². The number of anilines is 1. The molecule has 1 saturated heterocycles. The minimum absolute atomic E-state index is 0.0469. The van der Waals surface area contributed by atoms with E-state index < -0.39 is 0 Å². The Labute approximate surface area is 167 Å². The molecule has 1 atom stereocenters. The maximum Gasteiger partial charge on any atom is 0.258 e. The normalized spacial score (nSPS) is 15.8. The Morgan fingerprint density at radius 2 is 1.75 bits per heavy atom. The highest BCUT2D eigenvalue weighted by molar-refractivity contribution is 5.78. The molecule has 1 heterocycles. The summed E-state index contributed by atoms with van der Waals surface area (Å²) in [5, 5.41) is 2.99. The SMILES string of the molecule is COc1ccccc1OCC(=O)N[C@@H](C)c1ccc(N2CCC(C)CC2)cc1. The van der Waals surface area contributed by atoms with Crippen molar-refractivity contribution in [2.24, 2.45) is 5.92 Å². The highest BCUT2D eigenvalue weighted by atomic mass is 16.5. The lowest BCUT2D eigenvalue weighted by Crippen LogP contribution is -2.33. The molecule has 0 saturated carbocycles. The second-order valence-electron chi connectivity index (χ2n) is 7.49. The summed E-state index contributed by atoms with van der Waals surface area (Å²) in [6.45, 7) is 6.50. The summed E-state index contributed by atoms with van der Waals surface area (Å²) in [6.07, 6.45) is 2.50. The van der Waals surface area contributed by atoms with Crippen LogP contribution in [0.4, 0.5) is 5.69 Å². The third-order valence-corrected chi connectivity index (χ3v) is 5.35. The van der Waals surface area contributed by atoms with E-state index in [9.17, 15) is 4.79 Å². The van der Waals surface area contributed by atoms with Crippen molar-refractivity contribution in [2.75, 3.05) is 31.7 Å². The summed E-state index contributed by atoms with van der Waals surface area (Å²) in [5.74, 6) is 1.84. The molecule has 0 radical (unpaired) electrons. The molecule has 28 heavy (non-hydrogen) atoms. The molecule has 1 fully saturated rings. The molecule has 1 aliphatic heterocycles. The van der Waals surface area contributed by atoms with Crippen LogP contribution in [0.25, 0.3) is 0 Å². The van der Waals surface area contributed by atoms with E-state index in [0.717, 1.165) is 24.6 Å². The van der Waals surface area contributed by atoms with E-state index >= 15 is 0 Å². The Balaban J connectivity index is 1.51. The van der Waals surface area contributed by atoms with Gasteiger partial charge in [0.15, 0.2) is 18.1 Å². The highest BCUT2D eigenvalue weighted by Gasteiger charge is 2.17. The number of para-hydroxylation sites is 2. The monoisotopic (exact) mass is 382 g/mol. The third kappa shape index (κ3) is 5.18. The molecule has 3 rings (SSSR count). The first-order valence-corrected chi connectivity index (χ1v) is 9.97. The van der Waals surface area contributed by atoms with Crippen LogP contribution in [0.5, 0.6) is 11.5 Å². The van der Waals surface area contributed by atoms with Gasteiger partial charge in [-0.25, -0.2) is 0 Å². The van der Waals surface area contributed by atoms with E-state index in [2.05, 4.69) is 41.4 Å². The first-order valence-electron chi connectivity index (χ1n) is 9.97. The molecule has 0 spiro atoms. The van der Waals surface area contributed by atoms with Gasteiger partial charge in [0.05, 0.1) is 13.2 Å². The Bertz CT molecular complexity index is 768. The number of hydrogen-bond acceptors (Lipinski definition) is 4. The van der Waals surface area contributed by atoms with Crippen LogP contribution in [-0.2, 0) is 4.79 Å². The molecule has 1 aliphatic rings. The number of hydrogen-bond donors (Lipinski definition) is 1. The van der Waals surface area contributed by atoms with Crippen molar-refractivity contribution in [3.05, 3.63) is 54.1 Å². The summed E-state index contributed by atoms with van der Waals surface area (Å²) in [6, 6.07) is 15.7. The largest absolute Gasteiger partial charge is 0.493 e. The average Bonchev–Trinajstić information content (AvgIpc) is 2.73. The van der Waals surface area contributed by atoms with E-state index in [0.29, 0.717) is 11.5 Å². The van der Waals surface area contributed by atoms with E-state index in [1.807, 2.05) is 19.1 Å². The number of methoxy groups -OCH3 is 1. The van der Waals surface area contributed by atoms with Crippen LogP contribution >= 0.6 is 0 Å². The zero-order chi connectivity index (χ0) is 19.9. The van der Waals surface area contributed by atoms with Gasteiger partial charge in [-0.05, 0) is 55.5 Å². The van der Waals surface area contributed by atoms with E-state index in [1.54, 1.807) is 19.2 Å². The van der Waals surface area contributed by atoms with E-state index in [1.165, 1.54) is 18.5 Å². The molecule has 0 unspecified atom stereocenters. The molecule has 5 nitrogen and oxygen atoms in total. The number of carbonyl (C=O) groups excluding carboxylic acids is 1. The lowest BCUT2D eigenvalue weighted by Gasteiger charge is -2.32. The smallest absolute Gasteiger partial charge is 0.258 e. The Hall–Kier alpha value is -2.69. The first kappa shape index (κ1) is 20.1. The number of ether oxygens (including phenoxy) is 2. The summed E-state index contributed by atoms with van der Waals surface area (Å²) >= 11 is 0. The van der Waals surface area contributed by atoms with Crippen LogP contribution in [-0.4, -0.2) is 32.7 Å². The molecule has 0 aromatic heterocycles. The molecular weight excluding hydrogens is 352 g/mol. The number of amides is 1. The fourth-order valence-electron chi connectivity index (χ4n) is 3.49. The zero-order valence-corrected chi connectivity index (χ0v) is 17.0. The van der Waals surface area contributed by atoms with Crippen molar-refractivity contribution in [3.8, 4) is 11.5 Å². The van der Waals surface area contributed by atoms with Gasteiger partial charge in [0.1, 0.15) is 0 Å². The molecule has 2 aromatic rings. The Morgan fingerprint density at radius 1 is 1.11 bits per heavy atom. The number of benzene rings is 2. The summed E-state index contributed by atoms with van der Waals surface area (Å²) in [5.41, 5.74) is 2.34. The maximum absolute atomic E-state index is 12.3. The van der Waals surface area contributed by atoms with Crippen LogP contribution < -0.4 is 19.7 Å². The van der Waals surface area contributed by atoms with Gasteiger partial charge in [0.2, 0.25) is 0 Å². The quantitative estimate of drug-likeness (QED) is 0.780. The zero-order valence-electron chi connectivity index (χ0n) is 17.0.